The van der Waals surface area contributed by atoms with Crippen molar-refractivity contribution in [1.29, 1.82) is 0 Å². The molecule has 5 nitrogen and oxygen atoms in total. The maximum absolute atomic E-state index is 13.8. The van der Waals surface area contributed by atoms with E-state index in [4.69, 9.17) is 4.74 Å². The number of carbonyl (C=O) groups is 2. The predicted molar refractivity (Wildman–Crippen MR) is 116 cm³/mol. The van der Waals surface area contributed by atoms with E-state index in [0.29, 0.717) is 18.9 Å². The van der Waals surface area contributed by atoms with Gasteiger partial charge in [-0.25, -0.2) is 14.0 Å². The number of hydrogen-bond acceptors (Lipinski definition) is 3. The van der Waals surface area contributed by atoms with E-state index in [-0.39, 0.29) is 18.0 Å². The number of halogens is 1. The van der Waals surface area contributed by atoms with Crippen LogP contribution in [0.15, 0.2) is 0 Å². The van der Waals surface area contributed by atoms with Gasteiger partial charge in [-0.2, -0.15) is 0 Å². The van der Waals surface area contributed by atoms with Crippen molar-refractivity contribution in [2.24, 2.45) is 5.92 Å². The van der Waals surface area contributed by atoms with Crippen molar-refractivity contribution in [3.8, 4) is 0 Å². The Hall–Kier alpha value is -1.33. The van der Waals surface area contributed by atoms with Crippen LogP contribution in [0, 0.1) is 5.92 Å². The van der Waals surface area contributed by atoms with Gasteiger partial charge in [-0.1, -0.05) is 39.5 Å². The molecule has 1 rings (SSSR count). The highest BCUT2D eigenvalue weighted by Crippen LogP contribution is 2.38. The Kier molecular flexibility index (Phi) is 11.0. The van der Waals surface area contributed by atoms with Crippen LogP contribution >= 0.6 is 0 Å². The van der Waals surface area contributed by atoms with E-state index < -0.39 is 17.7 Å². The molecule has 1 atom stereocenters. The minimum Gasteiger partial charge on any atom is -0.458 e. The Labute approximate surface area is 176 Å². The van der Waals surface area contributed by atoms with Crippen molar-refractivity contribution in [3.05, 3.63) is 0 Å². The fraction of sp³-hybridized carbons (Fsp3) is 0.913. The maximum atomic E-state index is 13.8. The Morgan fingerprint density at radius 3 is 2.21 bits per heavy atom. The summed E-state index contributed by atoms with van der Waals surface area (Å²) in [5.74, 6) is -0.0928. The van der Waals surface area contributed by atoms with Gasteiger partial charge in [-0.05, 0) is 71.6 Å². The first-order valence-electron chi connectivity index (χ1n) is 11.5. The number of rotatable bonds is 13. The summed E-state index contributed by atoms with van der Waals surface area (Å²) in [5.41, 5.74) is -0.654. The summed E-state index contributed by atoms with van der Waals surface area (Å²) in [5, 5.41) is 6.19. The van der Waals surface area contributed by atoms with Gasteiger partial charge in [-0.3, -0.25) is 0 Å². The summed E-state index contributed by atoms with van der Waals surface area (Å²) in [7, 11) is 0. The van der Waals surface area contributed by atoms with Crippen molar-refractivity contribution < 1.29 is 18.7 Å². The number of carbonyl (C=O) groups excluding carboxylic acids is 2. The Balaban J connectivity index is 2.12. The average molecular weight is 415 g/mol. The highest BCUT2D eigenvalue weighted by molar-refractivity contribution is 5.75. The minimum absolute atomic E-state index is 0.00142. The number of ether oxygens (including phenoxy) is 1. The molecule has 170 valence electrons. The van der Waals surface area contributed by atoms with Crippen LogP contribution in [0.2, 0.25) is 0 Å². The lowest BCUT2D eigenvalue weighted by Gasteiger charge is -2.44. The van der Waals surface area contributed by atoms with Gasteiger partial charge >= 0.3 is 12.0 Å². The van der Waals surface area contributed by atoms with Crippen molar-refractivity contribution in [2.45, 2.75) is 123 Å². The fourth-order valence-electron chi connectivity index (χ4n) is 3.89. The first-order valence-corrected chi connectivity index (χ1v) is 11.5. The Morgan fingerprint density at radius 1 is 1.07 bits per heavy atom. The molecule has 2 N–H and O–H groups in total. The van der Waals surface area contributed by atoms with Crippen LogP contribution in [0.4, 0.5) is 9.18 Å². The molecule has 0 aromatic carbocycles. The Morgan fingerprint density at radius 2 is 1.69 bits per heavy atom. The third-order valence-electron chi connectivity index (χ3n) is 5.86. The lowest BCUT2D eigenvalue weighted by molar-refractivity contribution is -0.161. The van der Waals surface area contributed by atoms with E-state index in [9.17, 15) is 14.0 Å². The van der Waals surface area contributed by atoms with Gasteiger partial charge in [0.05, 0.1) is 0 Å². The summed E-state index contributed by atoms with van der Waals surface area (Å²) < 4.78 is 18.9. The molecule has 2 amide bonds. The van der Waals surface area contributed by atoms with Gasteiger partial charge in [0.25, 0.3) is 0 Å². The second kappa shape index (κ2) is 12.4. The molecule has 1 saturated carbocycles. The summed E-state index contributed by atoms with van der Waals surface area (Å²) in [4.78, 5) is 23.9. The summed E-state index contributed by atoms with van der Waals surface area (Å²) in [6.07, 6.45) is 8.65. The smallest absolute Gasteiger partial charge is 0.341 e. The van der Waals surface area contributed by atoms with E-state index in [2.05, 4.69) is 24.5 Å². The SMILES string of the molecule is CCC(CC)CC1(NC(=O)NCCCCCCC(F)C(=O)OC(C)(C)C)CCC1. The van der Waals surface area contributed by atoms with Crippen LogP contribution in [0.25, 0.3) is 0 Å². The van der Waals surface area contributed by atoms with E-state index in [0.717, 1.165) is 51.4 Å². The van der Waals surface area contributed by atoms with Gasteiger partial charge in [0.15, 0.2) is 6.17 Å². The fourth-order valence-corrected chi connectivity index (χ4v) is 3.89. The molecule has 29 heavy (non-hydrogen) atoms. The zero-order valence-corrected chi connectivity index (χ0v) is 19.2. The zero-order chi connectivity index (χ0) is 21.9. The molecule has 1 aliphatic rings. The van der Waals surface area contributed by atoms with Crippen molar-refractivity contribution >= 4 is 12.0 Å². The first kappa shape index (κ1) is 25.7. The first-order chi connectivity index (χ1) is 13.6. The van der Waals surface area contributed by atoms with Crippen molar-refractivity contribution in [3.63, 3.8) is 0 Å². The van der Waals surface area contributed by atoms with E-state index in [1.165, 1.54) is 6.42 Å². The zero-order valence-electron chi connectivity index (χ0n) is 19.2. The monoisotopic (exact) mass is 414 g/mol. The number of alkyl halides is 1. The molecule has 1 aliphatic carbocycles. The van der Waals surface area contributed by atoms with Crippen LogP contribution in [0.3, 0.4) is 0 Å². The molecule has 0 heterocycles. The van der Waals surface area contributed by atoms with Gasteiger partial charge in [0, 0.05) is 12.1 Å². The molecular formula is C23H43FN2O3. The van der Waals surface area contributed by atoms with Gasteiger partial charge in [0.2, 0.25) is 0 Å². The highest BCUT2D eigenvalue weighted by Gasteiger charge is 2.39. The minimum atomic E-state index is -1.55. The number of urea groups is 1. The number of unbranched alkanes of at least 4 members (excludes halogenated alkanes) is 3. The lowest BCUT2D eigenvalue weighted by atomic mass is 9.70. The molecule has 6 heteroatoms. The quantitative estimate of drug-likeness (QED) is 0.302. The number of nitrogens with one attached hydrogen (secondary N) is 2. The van der Waals surface area contributed by atoms with Crippen LogP contribution < -0.4 is 10.6 Å². The maximum Gasteiger partial charge on any atom is 0.341 e. The summed E-state index contributed by atoms with van der Waals surface area (Å²) >= 11 is 0. The number of hydrogen-bond donors (Lipinski definition) is 2. The predicted octanol–water partition coefficient (Wildman–Crippen LogP) is 5.66. The van der Waals surface area contributed by atoms with E-state index in [1.807, 2.05) is 0 Å². The third kappa shape index (κ3) is 10.3. The van der Waals surface area contributed by atoms with E-state index >= 15 is 0 Å². The van der Waals surface area contributed by atoms with Gasteiger partial charge in [0.1, 0.15) is 5.60 Å². The van der Waals surface area contributed by atoms with Crippen LogP contribution in [0.1, 0.15) is 105 Å². The van der Waals surface area contributed by atoms with Crippen LogP contribution in [-0.2, 0) is 9.53 Å². The molecule has 0 saturated heterocycles. The topological polar surface area (TPSA) is 67.4 Å². The number of amides is 2. The summed E-state index contributed by atoms with van der Waals surface area (Å²) in [6.45, 7) is 10.3. The van der Waals surface area contributed by atoms with Crippen molar-refractivity contribution in [1.82, 2.24) is 10.6 Å². The van der Waals surface area contributed by atoms with Crippen LogP contribution in [0.5, 0.6) is 0 Å². The molecule has 0 aromatic heterocycles. The molecule has 1 fully saturated rings. The number of esters is 1. The Bertz CT molecular complexity index is 497. The van der Waals surface area contributed by atoms with Gasteiger partial charge < -0.3 is 15.4 Å². The second-order valence-corrected chi connectivity index (χ2v) is 9.61. The second-order valence-electron chi connectivity index (χ2n) is 9.61. The largest absolute Gasteiger partial charge is 0.458 e. The molecule has 0 bridgehead atoms. The standard InChI is InChI=1S/C23H43FN2O3/c1-6-18(7-2)17-23(14-12-15-23)26-21(28)25-16-11-9-8-10-13-19(24)20(27)29-22(3,4)5/h18-19H,6-17H2,1-5H3,(H2,25,26,28). The molecular weight excluding hydrogens is 371 g/mol. The molecule has 0 spiro atoms. The van der Waals surface area contributed by atoms with E-state index in [1.54, 1.807) is 20.8 Å². The molecule has 0 radical (unpaired) electrons. The average Bonchev–Trinajstić information content (AvgIpc) is 2.61. The molecule has 0 aromatic rings. The lowest BCUT2D eigenvalue weighted by Crippen LogP contribution is -2.57. The summed E-state index contributed by atoms with van der Waals surface area (Å²) in [6, 6.07) is -0.0654. The van der Waals surface area contributed by atoms with Gasteiger partial charge in [-0.15, -0.1) is 0 Å². The molecule has 1 unspecified atom stereocenters. The van der Waals surface area contributed by atoms with Crippen LogP contribution in [-0.4, -0.2) is 35.9 Å². The normalized spacial score (nSPS) is 16.8. The van der Waals surface area contributed by atoms with Crippen molar-refractivity contribution in [2.75, 3.05) is 6.54 Å². The third-order valence-corrected chi connectivity index (χ3v) is 5.86. The molecule has 0 aliphatic heterocycles. The highest BCUT2D eigenvalue weighted by atomic mass is 19.1.